The molecule has 6 atom stereocenters. The van der Waals surface area contributed by atoms with Crippen molar-refractivity contribution in [3.8, 4) is 23.0 Å². The Bertz CT molecular complexity index is 1540. The van der Waals surface area contributed by atoms with Crippen molar-refractivity contribution in [3.05, 3.63) is 47.2 Å². The number of esters is 2. The minimum atomic E-state index is -0.670. The molecule has 3 aliphatic rings. The van der Waals surface area contributed by atoms with E-state index in [4.69, 9.17) is 33.2 Å². The molecule has 1 N–H and O–H groups in total. The van der Waals surface area contributed by atoms with Crippen LogP contribution in [-0.2, 0) is 25.4 Å². The first kappa shape index (κ1) is 33.9. The molecule has 46 heavy (non-hydrogen) atoms. The highest BCUT2D eigenvalue weighted by Gasteiger charge is 2.54. The Balaban J connectivity index is 0.00000204. The number of fused-ring (bicyclic) bond motifs is 6. The summed E-state index contributed by atoms with van der Waals surface area (Å²) in [4.78, 5) is 33.1. The summed E-state index contributed by atoms with van der Waals surface area (Å²) in [5.41, 5.74) is 3.83. The van der Waals surface area contributed by atoms with Crippen molar-refractivity contribution < 1.29 is 42.7 Å². The molecule has 1 aliphatic carbocycles. The van der Waals surface area contributed by atoms with E-state index in [1.54, 1.807) is 26.4 Å². The summed E-state index contributed by atoms with van der Waals surface area (Å²) in [6.45, 7) is 1.68. The molecule has 1 saturated heterocycles. The van der Waals surface area contributed by atoms with E-state index in [-0.39, 0.29) is 29.4 Å². The number of aromatic nitrogens is 1. The SMILES string of the molecule is COC(=O)[C@H]1[C@H]2C[C@@H]3c4[nH]c5cc(OC)ccc5c4CCN3C[C@H]2C[C@@H](OC(=O)c2cc(OC)c(OC)c(OC)c2)[C@@H]1OC.[Si]Cl. The lowest BCUT2D eigenvalue weighted by atomic mass is 9.63. The molecule has 0 spiro atoms. The van der Waals surface area contributed by atoms with E-state index >= 15 is 0 Å². The first-order chi connectivity index (χ1) is 22.3. The molecule has 3 radical (unpaired) electrons. The third kappa shape index (κ3) is 6.03. The number of carbonyl (C=O) groups is 2. The lowest BCUT2D eigenvalue weighted by molar-refractivity contribution is -0.176. The van der Waals surface area contributed by atoms with Crippen LogP contribution in [0, 0.1) is 17.8 Å². The van der Waals surface area contributed by atoms with Gasteiger partial charge in [-0.15, -0.1) is 0 Å². The molecule has 1 saturated carbocycles. The quantitative estimate of drug-likeness (QED) is 0.209. The maximum atomic E-state index is 13.5. The van der Waals surface area contributed by atoms with Crippen LogP contribution in [0.3, 0.4) is 0 Å². The number of H-pyrrole nitrogens is 1. The van der Waals surface area contributed by atoms with Crippen molar-refractivity contribution in [1.82, 2.24) is 9.88 Å². The number of piperidine rings is 1. The minimum absolute atomic E-state index is 0.0170. The fraction of sp³-hybridized carbons (Fsp3) is 0.515. The number of methoxy groups -OCH3 is 6. The molecule has 0 amide bonds. The number of hydrogen-bond acceptors (Lipinski definition) is 10. The van der Waals surface area contributed by atoms with E-state index in [9.17, 15) is 9.59 Å². The van der Waals surface area contributed by atoms with Crippen LogP contribution >= 0.6 is 11.1 Å². The van der Waals surface area contributed by atoms with E-state index in [0.29, 0.717) is 23.7 Å². The number of rotatable bonds is 8. The number of nitrogens with one attached hydrogen (secondary N) is 1. The second-order valence-corrected chi connectivity index (χ2v) is 11.7. The number of hydrogen-bond donors (Lipinski definition) is 1. The highest BCUT2D eigenvalue weighted by Crippen LogP contribution is 2.51. The minimum Gasteiger partial charge on any atom is -0.497 e. The van der Waals surface area contributed by atoms with Crippen molar-refractivity contribution in [2.24, 2.45) is 17.8 Å². The highest BCUT2D eigenvalue weighted by molar-refractivity contribution is 6.80. The number of carbonyl (C=O) groups excluding carboxylic acids is 2. The van der Waals surface area contributed by atoms with Gasteiger partial charge in [-0.3, -0.25) is 9.69 Å². The Kier molecular flexibility index (Phi) is 10.7. The zero-order valence-electron chi connectivity index (χ0n) is 26.9. The molecule has 247 valence electrons. The predicted octanol–water partition coefficient (Wildman–Crippen LogP) is 4.48. The molecule has 6 rings (SSSR count). The number of ether oxygens (including phenoxy) is 7. The molecule has 1 aromatic heterocycles. The van der Waals surface area contributed by atoms with Crippen LogP contribution in [0.25, 0.3) is 10.9 Å². The second-order valence-electron chi connectivity index (χ2n) is 11.7. The van der Waals surface area contributed by atoms with Gasteiger partial charge in [-0.2, -0.15) is 11.1 Å². The summed E-state index contributed by atoms with van der Waals surface area (Å²) < 4.78 is 39.1. The standard InChI is InChI=1S/C33H40N2O9.ClSi/c1-38-19-7-8-20-21-9-10-35-16-18-13-27(44-32(36)17-11-25(39-2)30(41-4)26(12-17)40-3)31(42-5)28(33(37)43-6)22(18)15-24(35)29(21)34-23(20)14-19;1-2/h7-8,11-12,14,18,22,24,27-28,31,34H,9-10,13,15-16H2,1-6H3;/t18-,22+,24-,27-,28+,31+;/m1./s1. The number of nitrogens with zero attached hydrogens (tertiary/aromatic N) is 1. The molecule has 13 heteroatoms. The Morgan fingerprint density at radius 3 is 2.26 bits per heavy atom. The molecular weight excluding hydrogens is 632 g/mol. The van der Waals surface area contributed by atoms with Gasteiger partial charge in [0.25, 0.3) is 0 Å². The second kappa shape index (κ2) is 14.5. The number of halogens is 1. The van der Waals surface area contributed by atoms with E-state index in [0.717, 1.165) is 37.2 Å². The summed E-state index contributed by atoms with van der Waals surface area (Å²) in [5, 5.41) is 1.21. The molecule has 2 fully saturated rings. The molecule has 0 unspecified atom stereocenters. The predicted molar refractivity (Wildman–Crippen MR) is 172 cm³/mol. The van der Waals surface area contributed by atoms with Gasteiger partial charge in [0.2, 0.25) is 5.75 Å². The van der Waals surface area contributed by atoms with Crippen molar-refractivity contribution in [2.75, 3.05) is 55.7 Å². The number of benzene rings is 2. The van der Waals surface area contributed by atoms with Crippen molar-refractivity contribution in [1.29, 1.82) is 0 Å². The summed E-state index contributed by atoms with van der Waals surface area (Å²) in [7, 11) is 11.5. The normalized spacial score (nSPS) is 25.1. The number of aromatic amines is 1. The van der Waals surface area contributed by atoms with Crippen LogP contribution in [0.1, 0.15) is 40.5 Å². The Labute approximate surface area is 276 Å². The third-order valence-electron chi connectivity index (χ3n) is 9.76. The van der Waals surface area contributed by atoms with Crippen LogP contribution in [0.4, 0.5) is 0 Å². The molecular formula is C33H40ClN2O9Si. The average molecular weight is 672 g/mol. The summed E-state index contributed by atoms with van der Waals surface area (Å²) in [6, 6.07) is 9.40. The first-order valence-corrected chi connectivity index (χ1v) is 16.6. The van der Waals surface area contributed by atoms with Gasteiger partial charge in [0.15, 0.2) is 21.1 Å². The van der Waals surface area contributed by atoms with Gasteiger partial charge in [0, 0.05) is 42.9 Å². The molecule has 2 aliphatic heterocycles. The average Bonchev–Trinajstić information content (AvgIpc) is 3.48. The van der Waals surface area contributed by atoms with E-state index in [2.05, 4.69) is 36.6 Å². The maximum Gasteiger partial charge on any atom is 0.338 e. The van der Waals surface area contributed by atoms with Crippen LogP contribution in [-0.4, -0.2) is 99.3 Å². The Morgan fingerprint density at radius 1 is 0.935 bits per heavy atom. The van der Waals surface area contributed by atoms with Crippen molar-refractivity contribution >= 4 is 43.5 Å². The van der Waals surface area contributed by atoms with Gasteiger partial charge in [-0.25, -0.2) is 4.79 Å². The van der Waals surface area contributed by atoms with Gasteiger partial charge in [0.1, 0.15) is 18.0 Å². The lowest BCUT2D eigenvalue weighted by Gasteiger charge is -2.52. The van der Waals surface area contributed by atoms with E-state index < -0.39 is 24.1 Å². The van der Waals surface area contributed by atoms with Gasteiger partial charge in [0.05, 0.1) is 53.1 Å². The molecule has 11 nitrogen and oxygen atoms in total. The zero-order valence-corrected chi connectivity index (χ0v) is 28.6. The fourth-order valence-electron chi connectivity index (χ4n) is 7.76. The van der Waals surface area contributed by atoms with Crippen molar-refractivity contribution in [2.45, 2.75) is 37.5 Å². The highest BCUT2D eigenvalue weighted by atomic mass is 35.6. The molecule has 3 aromatic rings. The van der Waals surface area contributed by atoms with Crippen LogP contribution < -0.4 is 18.9 Å². The maximum absolute atomic E-state index is 13.5. The van der Waals surface area contributed by atoms with Crippen LogP contribution in [0.5, 0.6) is 23.0 Å². The largest absolute Gasteiger partial charge is 0.497 e. The fourth-order valence-corrected chi connectivity index (χ4v) is 7.76. The first-order valence-electron chi connectivity index (χ1n) is 15.1. The van der Waals surface area contributed by atoms with Gasteiger partial charge in [-0.1, -0.05) is 0 Å². The van der Waals surface area contributed by atoms with E-state index in [1.165, 1.54) is 45.1 Å². The Hall–Kier alpha value is -3.45. The van der Waals surface area contributed by atoms with Gasteiger partial charge < -0.3 is 38.1 Å². The lowest BCUT2D eigenvalue weighted by Crippen LogP contribution is -2.58. The zero-order chi connectivity index (χ0) is 33.1. The summed E-state index contributed by atoms with van der Waals surface area (Å²) in [5.74, 6) is 0.441. The third-order valence-corrected chi connectivity index (χ3v) is 9.76. The summed E-state index contributed by atoms with van der Waals surface area (Å²) in [6.07, 6.45) is 0.920. The summed E-state index contributed by atoms with van der Waals surface area (Å²) >= 11 is 4.44. The van der Waals surface area contributed by atoms with Gasteiger partial charge in [-0.05, 0) is 60.9 Å². The van der Waals surface area contributed by atoms with Crippen LogP contribution in [0.2, 0.25) is 0 Å². The smallest absolute Gasteiger partial charge is 0.338 e. The molecule has 0 bridgehead atoms. The monoisotopic (exact) mass is 671 g/mol. The molecule has 3 heterocycles. The van der Waals surface area contributed by atoms with Crippen molar-refractivity contribution in [3.63, 3.8) is 0 Å². The molecule has 2 aromatic carbocycles. The Morgan fingerprint density at radius 2 is 1.65 bits per heavy atom. The topological polar surface area (TPSA) is 118 Å². The van der Waals surface area contributed by atoms with E-state index in [1.807, 2.05) is 12.1 Å². The van der Waals surface area contributed by atoms with Crippen LogP contribution in [0.15, 0.2) is 30.3 Å². The van der Waals surface area contributed by atoms with Gasteiger partial charge >= 0.3 is 11.9 Å².